The third kappa shape index (κ3) is 3.09. The molecule has 7 nitrogen and oxygen atoms in total. The van der Waals surface area contributed by atoms with Gasteiger partial charge in [0.1, 0.15) is 12.3 Å². The predicted molar refractivity (Wildman–Crippen MR) is 87.5 cm³/mol. The van der Waals surface area contributed by atoms with E-state index in [4.69, 9.17) is 9.26 Å². The van der Waals surface area contributed by atoms with Crippen molar-refractivity contribution in [1.29, 1.82) is 0 Å². The van der Waals surface area contributed by atoms with Crippen molar-refractivity contribution in [1.82, 2.24) is 10.2 Å². The van der Waals surface area contributed by atoms with Crippen LogP contribution in [0.25, 0.3) is 5.69 Å². The van der Waals surface area contributed by atoms with Crippen LogP contribution in [-0.2, 0) is 6.54 Å². The van der Waals surface area contributed by atoms with E-state index in [0.29, 0.717) is 22.0 Å². The molecule has 1 amide bonds. The zero-order valence-corrected chi connectivity index (χ0v) is 14.0. The second-order valence-corrected chi connectivity index (χ2v) is 6.05. The summed E-state index contributed by atoms with van der Waals surface area (Å²) in [5.74, 6) is 0.559. The highest BCUT2D eigenvalue weighted by Gasteiger charge is 2.27. The zero-order valence-electron chi connectivity index (χ0n) is 13.2. The number of thiophene rings is 1. The fourth-order valence-electron chi connectivity index (χ4n) is 2.25. The molecule has 0 atom stereocenters. The van der Waals surface area contributed by atoms with Gasteiger partial charge in [0.2, 0.25) is 5.69 Å². The van der Waals surface area contributed by atoms with Gasteiger partial charge in [-0.25, -0.2) is 4.79 Å². The molecule has 2 aromatic heterocycles. The molecule has 2 heterocycles. The number of aromatic amines is 1. The maximum Gasteiger partial charge on any atom is 0.432 e. The molecule has 0 saturated heterocycles. The molecule has 0 spiro atoms. The number of nitrogens with zero attached hydrogens (tertiary/aromatic N) is 2. The van der Waals surface area contributed by atoms with Crippen LogP contribution in [0.1, 0.15) is 15.4 Å². The number of carbonyl (C=O) groups is 1. The van der Waals surface area contributed by atoms with Gasteiger partial charge in [-0.3, -0.25) is 9.32 Å². The summed E-state index contributed by atoms with van der Waals surface area (Å²) in [6.45, 7) is 0.120. The number of carbonyl (C=O) groups excluding carboxylic acids is 1. The summed E-state index contributed by atoms with van der Waals surface area (Å²) in [5.41, 5.74) is 0.512. The van der Waals surface area contributed by atoms with Gasteiger partial charge in [0, 0.05) is 19.2 Å². The highest BCUT2D eigenvalue weighted by atomic mass is 32.1. The van der Waals surface area contributed by atoms with E-state index in [-0.39, 0.29) is 12.5 Å². The van der Waals surface area contributed by atoms with Crippen molar-refractivity contribution in [3.63, 3.8) is 0 Å². The zero-order chi connectivity index (χ0) is 17.1. The molecule has 3 rings (SSSR count). The average molecular weight is 346 g/mol. The maximum absolute atomic E-state index is 12.3. The molecule has 0 fully saturated rings. The number of hydrogen-bond acceptors (Lipinski definition) is 5. The van der Waals surface area contributed by atoms with E-state index in [1.54, 1.807) is 44.5 Å². The van der Waals surface area contributed by atoms with Crippen molar-refractivity contribution in [2.24, 2.45) is 0 Å². The first-order valence-corrected chi connectivity index (χ1v) is 8.04. The lowest BCUT2D eigenvalue weighted by atomic mass is 10.3. The number of amides is 1. The summed E-state index contributed by atoms with van der Waals surface area (Å²) in [6, 6.07) is 10.7. The Morgan fingerprint density at radius 2 is 2.08 bits per heavy atom. The van der Waals surface area contributed by atoms with E-state index >= 15 is 0 Å². The number of rotatable bonds is 5. The van der Waals surface area contributed by atoms with Gasteiger partial charge < -0.3 is 9.64 Å². The van der Waals surface area contributed by atoms with Crippen LogP contribution in [0.15, 0.2) is 51.1 Å². The molecule has 1 N–H and O–H groups in total. The van der Waals surface area contributed by atoms with Crippen LogP contribution >= 0.6 is 11.3 Å². The van der Waals surface area contributed by atoms with Gasteiger partial charge in [-0.15, -0.1) is 11.3 Å². The summed E-state index contributed by atoms with van der Waals surface area (Å²) in [6.07, 6.45) is 0. The molecular weight excluding hydrogens is 330 g/mol. The maximum atomic E-state index is 12.3. The van der Waals surface area contributed by atoms with Gasteiger partial charge in [-0.1, -0.05) is 6.07 Å². The fourth-order valence-corrected chi connectivity index (χ4v) is 2.97. The van der Waals surface area contributed by atoms with E-state index in [1.807, 2.05) is 11.4 Å². The molecule has 0 unspecified atom stereocenters. The van der Waals surface area contributed by atoms with Gasteiger partial charge in [0.25, 0.3) is 5.91 Å². The molecule has 124 valence electrons. The lowest BCUT2D eigenvalue weighted by Crippen LogP contribution is -2.42. The standard InChI is InChI=1S/C16H15N3O4S/c1-18(15(20)14-4-3-9-24-14)10-13-16(21)23-17-19(13)11-5-7-12(22-2)8-6-11/h3-9H,10H2,1-2H3/p+1. The van der Waals surface area contributed by atoms with E-state index in [0.717, 1.165) is 0 Å². The molecule has 8 heteroatoms. The van der Waals surface area contributed by atoms with E-state index in [9.17, 15) is 9.59 Å². The van der Waals surface area contributed by atoms with Crippen LogP contribution in [0.2, 0.25) is 0 Å². The first-order chi connectivity index (χ1) is 11.6. The van der Waals surface area contributed by atoms with E-state index in [2.05, 4.69) is 5.27 Å². The Bertz CT molecular complexity index is 881. The summed E-state index contributed by atoms with van der Waals surface area (Å²) >= 11 is 1.36. The second kappa shape index (κ2) is 6.71. The van der Waals surface area contributed by atoms with Crippen LogP contribution in [-0.4, -0.2) is 30.2 Å². The Morgan fingerprint density at radius 3 is 2.71 bits per heavy atom. The fraction of sp³-hybridized carbons (Fsp3) is 0.188. The van der Waals surface area contributed by atoms with E-state index in [1.165, 1.54) is 20.9 Å². The van der Waals surface area contributed by atoms with Crippen LogP contribution < -0.4 is 15.0 Å². The van der Waals surface area contributed by atoms with Crippen LogP contribution in [0.5, 0.6) is 5.75 Å². The molecule has 0 aliphatic carbocycles. The van der Waals surface area contributed by atoms with Crippen molar-refractivity contribution in [3.05, 3.63) is 62.8 Å². The molecule has 3 aromatic rings. The second-order valence-electron chi connectivity index (χ2n) is 5.10. The third-order valence-electron chi connectivity index (χ3n) is 3.53. The molecule has 0 radical (unpaired) electrons. The normalized spacial score (nSPS) is 10.6. The van der Waals surface area contributed by atoms with Crippen molar-refractivity contribution < 1.29 is 18.7 Å². The van der Waals surface area contributed by atoms with Gasteiger partial charge in [0.15, 0.2) is 0 Å². The van der Waals surface area contributed by atoms with Crippen molar-refractivity contribution >= 4 is 17.2 Å². The molecule has 0 bridgehead atoms. The number of ether oxygens (including phenoxy) is 1. The Kier molecular flexibility index (Phi) is 4.48. The minimum absolute atomic E-state index is 0.120. The van der Waals surface area contributed by atoms with Crippen molar-refractivity contribution in [2.75, 3.05) is 14.2 Å². The molecule has 24 heavy (non-hydrogen) atoms. The number of hydrogen-bond donors (Lipinski definition) is 1. The number of nitrogens with one attached hydrogen (secondary N) is 1. The Morgan fingerprint density at radius 1 is 1.33 bits per heavy atom. The van der Waals surface area contributed by atoms with Crippen LogP contribution in [0.4, 0.5) is 0 Å². The summed E-state index contributed by atoms with van der Waals surface area (Å²) in [7, 11) is 3.23. The van der Waals surface area contributed by atoms with Crippen molar-refractivity contribution in [2.45, 2.75) is 6.54 Å². The van der Waals surface area contributed by atoms with Gasteiger partial charge in [0.05, 0.1) is 12.0 Å². The van der Waals surface area contributed by atoms with Gasteiger partial charge in [-0.05, 0) is 33.5 Å². The SMILES string of the molecule is COc1ccc(-[n+]2[nH]oc(=O)c2CN(C)C(=O)c2cccs2)cc1. The average Bonchev–Trinajstić information content (AvgIpc) is 3.25. The number of methoxy groups -OCH3 is 1. The Hall–Kier alpha value is -2.87. The molecule has 0 aliphatic rings. The van der Waals surface area contributed by atoms with Crippen LogP contribution in [0, 0.1) is 0 Å². The van der Waals surface area contributed by atoms with Crippen molar-refractivity contribution in [3.8, 4) is 11.4 Å². The smallest absolute Gasteiger partial charge is 0.432 e. The summed E-state index contributed by atoms with van der Waals surface area (Å²) in [5, 5.41) is 4.40. The summed E-state index contributed by atoms with van der Waals surface area (Å²) < 4.78 is 11.5. The first kappa shape index (κ1) is 16.0. The minimum Gasteiger partial charge on any atom is -0.497 e. The van der Waals surface area contributed by atoms with Gasteiger partial charge in [-0.2, -0.15) is 0 Å². The minimum atomic E-state index is -0.517. The monoisotopic (exact) mass is 346 g/mol. The largest absolute Gasteiger partial charge is 0.497 e. The lowest BCUT2D eigenvalue weighted by Gasteiger charge is -2.12. The molecule has 0 saturated carbocycles. The quantitative estimate of drug-likeness (QED) is 0.712. The predicted octanol–water partition coefficient (Wildman–Crippen LogP) is 1.59. The topological polar surface area (TPSA) is 79.4 Å². The third-order valence-corrected chi connectivity index (χ3v) is 4.39. The van der Waals surface area contributed by atoms with Gasteiger partial charge >= 0.3 is 11.3 Å². The highest BCUT2D eigenvalue weighted by Crippen LogP contribution is 2.13. The lowest BCUT2D eigenvalue weighted by molar-refractivity contribution is -0.678. The molecule has 1 aromatic carbocycles. The highest BCUT2D eigenvalue weighted by molar-refractivity contribution is 7.12. The number of aromatic nitrogens is 2. The summed E-state index contributed by atoms with van der Waals surface area (Å²) in [4.78, 5) is 26.4. The number of H-pyrrole nitrogens is 1. The Balaban J connectivity index is 1.87. The Labute approximate surface area is 141 Å². The first-order valence-electron chi connectivity index (χ1n) is 7.16. The number of benzene rings is 1. The van der Waals surface area contributed by atoms with E-state index < -0.39 is 5.63 Å². The van der Waals surface area contributed by atoms with Crippen LogP contribution in [0.3, 0.4) is 0 Å². The molecular formula is C16H16N3O4S+. The molecule has 0 aliphatic heterocycles.